The summed E-state index contributed by atoms with van der Waals surface area (Å²) in [5.74, 6) is -1.18. The second-order valence-electron chi connectivity index (χ2n) is 5.06. The monoisotopic (exact) mass is 376 g/mol. The van der Waals surface area contributed by atoms with Crippen molar-refractivity contribution in [1.29, 1.82) is 0 Å². The molecule has 2 amide bonds. The molecule has 0 saturated carbocycles. The molecular formula is C18H17ClN2O5. The van der Waals surface area contributed by atoms with Gasteiger partial charge >= 0.3 is 12.1 Å². The second-order valence-corrected chi connectivity index (χ2v) is 5.49. The highest BCUT2D eigenvalue weighted by molar-refractivity contribution is 6.30. The molecule has 0 aliphatic carbocycles. The number of rotatable bonds is 6. The predicted molar refractivity (Wildman–Crippen MR) is 97.5 cm³/mol. The van der Waals surface area contributed by atoms with Gasteiger partial charge in [-0.1, -0.05) is 17.7 Å². The van der Waals surface area contributed by atoms with Gasteiger partial charge in [-0.15, -0.1) is 0 Å². The van der Waals surface area contributed by atoms with Gasteiger partial charge in [-0.3, -0.25) is 10.1 Å². The van der Waals surface area contributed by atoms with E-state index in [0.29, 0.717) is 16.4 Å². The van der Waals surface area contributed by atoms with Gasteiger partial charge in [-0.25, -0.2) is 9.59 Å². The van der Waals surface area contributed by atoms with Crippen LogP contribution in [0.3, 0.4) is 0 Å². The number of hydrogen-bond donors (Lipinski definition) is 2. The van der Waals surface area contributed by atoms with E-state index >= 15 is 0 Å². The van der Waals surface area contributed by atoms with E-state index in [2.05, 4.69) is 10.6 Å². The van der Waals surface area contributed by atoms with Gasteiger partial charge < -0.3 is 14.8 Å². The second kappa shape index (κ2) is 9.43. The summed E-state index contributed by atoms with van der Waals surface area (Å²) < 4.78 is 9.73. The van der Waals surface area contributed by atoms with Gasteiger partial charge in [0.25, 0.3) is 5.91 Å². The Hall–Kier alpha value is -3.06. The summed E-state index contributed by atoms with van der Waals surface area (Å²) in [6, 6.07) is 12.6. The SMILES string of the molecule is CCOC(=O)Nc1cccc(C(=O)OCC(=O)Nc2ccc(Cl)cc2)c1. The first-order valence-electron chi connectivity index (χ1n) is 7.74. The van der Waals surface area contributed by atoms with E-state index < -0.39 is 24.6 Å². The highest BCUT2D eigenvalue weighted by Gasteiger charge is 2.12. The molecule has 0 radical (unpaired) electrons. The van der Waals surface area contributed by atoms with Crippen LogP contribution >= 0.6 is 11.6 Å². The van der Waals surface area contributed by atoms with Crippen molar-refractivity contribution in [2.24, 2.45) is 0 Å². The Balaban J connectivity index is 1.88. The van der Waals surface area contributed by atoms with Gasteiger partial charge in [-0.05, 0) is 49.4 Å². The molecule has 0 unspecified atom stereocenters. The highest BCUT2D eigenvalue weighted by Crippen LogP contribution is 2.14. The summed E-state index contributed by atoms with van der Waals surface area (Å²) in [6.07, 6.45) is -0.625. The smallest absolute Gasteiger partial charge is 0.411 e. The molecule has 0 bridgehead atoms. The van der Waals surface area contributed by atoms with Crippen molar-refractivity contribution >= 4 is 40.9 Å². The van der Waals surface area contributed by atoms with E-state index in [1.165, 1.54) is 12.1 Å². The molecule has 0 aromatic heterocycles. The average molecular weight is 377 g/mol. The Morgan fingerprint density at radius 3 is 2.38 bits per heavy atom. The van der Waals surface area contributed by atoms with Gasteiger partial charge in [-0.2, -0.15) is 0 Å². The summed E-state index contributed by atoms with van der Waals surface area (Å²) in [5.41, 5.74) is 1.11. The third-order valence-corrected chi connectivity index (χ3v) is 3.33. The molecule has 7 nitrogen and oxygen atoms in total. The number of carbonyl (C=O) groups is 3. The van der Waals surface area contributed by atoms with Crippen LogP contribution < -0.4 is 10.6 Å². The summed E-state index contributed by atoms with van der Waals surface area (Å²) >= 11 is 5.76. The lowest BCUT2D eigenvalue weighted by atomic mass is 10.2. The van der Waals surface area contributed by atoms with Crippen molar-refractivity contribution in [1.82, 2.24) is 0 Å². The third kappa shape index (κ3) is 6.10. The molecule has 0 atom stereocenters. The first-order valence-corrected chi connectivity index (χ1v) is 8.12. The zero-order valence-corrected chi connectivity index (χ0v) is 14.7. The summed E-state index contributed by atoms with van der Waals surface area (Å²) in [5, 5.41) is 5.61. The number of carbonyl (C=O) groups excluding carboxylic acids is 3. The maximum atomic E-state index is 12.0. The van der Waals surface area contributed by atoms with Crippen molar-refractivity contribution in [2.75, 3.05) is 23.8 Å². The van der Waals surface area contributed by atoms with Crippen LogP contribution in [0.2, 0.25) is 5.02 Å². The molecule has 0 saturated heterocycles. The van der Waals surface area contributed by atoms with E-state index in [1.54, 1.807) is 43.3 Å². The highest BCUT2D eigenvalue weighted by atomic mass is 35.5. The van der Waals surface area contributed by atoms with Gasteiger partial charge in [0.2, 0.25) is 0 Å². The predicted octanol–water partition coefficient (Wildman–Crippen LogP) is 3.70. The molecule has 0 aliphatic rings. The van der Waals surface area contributed by atoms with Crippen LogP contribution in [0.1, 0.15) is 17.3 Å². The summed E-state index contributed by atoms with van der Waals surface area (Å²) in [4.78, 5) is 35.3. The van der Waals surface area contributed by atoms with Gasteiger partial charge in [0, 0.05) is 16.4 Å². The summed E-state index contributed by atoms with van der Waals surface area (Å²) in [7, 11) is 0. The number of hydrogen-bond acceptors (Lipinski definition) is 5. The molecule has 2 rings (SSSR count). The van der Waals surface area contributed by atoms with E-state index in [0.717, 1.165) is 0 Å². The average Bonchev–Trinajstić information content (AvgIpc) is 2.62. The van der Waals surface area contributed by atoms with Gasteiger partial charge in [0.05, 0.1) is 12.2 Å². The van der Waals surface area contributed by atoms with Crippen molar-refractivity contribution in [3.63, 3.8) is 0 Å². The van der Waals surface area contributed by atoms with Crippen LogP contribution in [-0.4, -0.2) is 31.2 Å². The first-order chi connectivity index (χ1) is 12.5. The molecule has 0 aliphatic heterocycles. The molecule has 8 heteroatoms. The fourth-order valence-electron chi connectivity index (χ4n) is 1.95. The lowest BCUT2D eigenvalue weighted by molar-refractivity contribution is -0.119. The lowest BCUT2D eigenvalue weighted by Gasteiger charge is -2.08. The number of ether oxygens (including phenoxy) is 2. The molecule has 0 heterocycles. The van der Waals surface area contributed by atoms with Crippen molar-refractivity contribution in [2.45, 2.75) is 6.92 Å². The molecule has 2 aromatic carbocycles. The van der Waals surface area contributed by atoms with Crippen LogP contribution in [0.4, 0.5) is 16.2 Å². The Labute approximate surface area is 155 Å². The Kier molecular flexibility index (Phi) is 6.99. The van der Waals surface area contributed by atoms with Crippen LogP contribution in [0.25, 0.3) is 0 Å². The normalized spacial score (nSPS) is 9.92. The third-order valence-electron chi connectivity index (χ3n) is 3.08. The summed E-state index contributed by atoms with van der Waals surface area (Å²) in [6.45, 7) is 1.47. The molecule has 2 N–H and O–H groups in total. The van der Waals surface area contributed by atoms with Crippen LogP contribution in [0, 0.1) is 0 Å². The fourth-order valence-corrected chi connectivity index (χ4v) is 2.08. The molecule has 0 fully saturated rings. The van der Waals surface area contributed by atoms with E-state index in [4.69, 9.17) is 21.1 Å². The molecule has 0 spiro atoms. The zero-order valence-electron chi connectivity index (χ0n) is 14.0. The maximum Gasteiger partial charge on any atom is 0.411 e. The van der Waals surface area contributed by atoms with E-state index in [1.807, 2.05) is 0 Å². The Morgan fingerprint density at radius 1 is 0.962 bits per heavy atom. The van der Waals surface area contributed by atoms with Crippen molar-refractivity contribution < 1.29 is 23.9 Å². The maximum absolute atomic E-state index is 12.0. The first kappa shape index (κ1) is 19.3. The van der Waals surface area contributed by atoms with Crippen LogP contribution in [-0.2, 0) is 14.3 Å². The minimum atomic E-state index is -0.691. The molecule has 136 valence electrons. The van der Waals surface area contributed by atoms with E-state index in [-0.39, 0.29) is 12.2 Å². The molecule has 26 heavy (non-hydrogen) atoms. The Bertz CT molecular complexity index is 792. The molecule has 2 aromatic rings. The molecular weight excluding hydrogens is 360 g/mol. The topological polar surface area (TPSA) is 93.7 Å². The van der Waals surface area contributed by atoms with Crippen molar-refractivity contribution in [3.8, 4) is 0 Å². The van der Waals surface area contributed by atoms with E-state index in [9.17, 15) is 14.4 Å². The zero-order chi connectivity index (χ0) is 18.9. The lowest BCUT2D eigenvalue weighted by Crippen LogP contribution is -2.21. The standard InChI is InChI=1S/C18H17ClN2O5/c1-2-25-18(24)21-15-5-3-4-12(10-15)17(23)26-11-16(22)20-14-8-6-13(19)7-9-14/h3-10H,2,11H2,1H3,(H,20,22)(H,21,24). The number of halogens is 1. The number of esters is 1. The number of benzene rings is 2. The van der Waals surface area contributed by atoms with Gasteiger partial charge in [0.15, 0.2) is 6.61 Å². The fraction of sp³-hybridized carbons (Fsp3) is 0.167. The quantitative estimate of drug-likeness (QED) is 0.749. The Morgan fingerprint density at radius 2 is 1.69 bits per heavy atom. The van der Waals surface area contributed by atoms with Crippen LogP contribution in [0.5, 0.6) is 0 Å². The van der Waals surface area contributed by atoms with Crippen molar-refractivity contribution in [3.05, 3.63) is 59.1 Å². The largest absolute Gasteiger partial charge is 0.452 e. The van der Waals surface area contributed by atoms with Gasteiger partial charge in [0.1, 0.15) is 0 Å². The number of nitrogens with one attached hydrogen (secondary N) is 2. The minimum absolute atomic E-state index is 0.193. The van der Waals surface area contributed by atoms with Crippen LogP contribution in [0.15, 0.2) is 48.5 Å². The number of anilines is 2. The number of amides is 2. The minimum Gasteiger partial charge on any atom is -0.452 e.